The van der Waals surface area contributed by atoms with Gasteiger partial charge in [-0.2, -0.15) is 0 Å². The third-order valence-electron chi connectivity index (χ3n) is 2.89. The zero-order chi connectivity index (χ0) is 15.5. The van der Waals surface area contributed by atoms with Gasteiger partial charge < -0.3 is 5.73 Å². The van der Waals surface area contributed by atoms with Crippen molar-refractivity contribution in [2.24, 2.45) is 5.73 Å². The number of nitrogens with one attached hydrogen (secondary N) is 1. The van der Waals surface area contributed by atoms with Crippen LogP contribution in [0.2, 0.25) is 5.02 Å². The van der Waals surface area contributed by atoms with E-state index >= 15 is 0 Å². The Morgan fingerprint density at radius 1 is 1.23 bits per heavy atom. The smallest absolute Gasteiger partial charge is 0.133 e. The minimum atomic E-state index is 0.121. The van der Waals surface area contributed by atoms with Crippen molar-refractivity contribution in [1.82, 2.24) is 4.98 Å². The highest BCUT2D eigenvalue weighted by Gasteiger charge is 2.07. The van der Waals surface area contributed by atoms with E-state index < -0.39 is 0 Å². The molecule has 3 rings (SSSR count). The van der Waals surface area contributed by atoms with Gasteiger partial charge in [-0.15, -0.1) is 34.4 Å². The highest BCUT2D eigenvalue weighted by Crippen LogP contribution is 2.30. The fourth-order valence-electron chi connectivity index (χ4n) is 1.81. The van der Waals surface area contributed by atoms with Gasteiger partial charge in [0.1, 0.15) is 10.8 Å². The third-order valence-corrected chi connectivity index (χ3v) is 6.28. The molecule has 1 aromatic carbocycles. The minimum Gasteiger partial charge on any atom is -0.383 e. The van der Waals surface area contributed by atoms with Crippen LogP contribution in [0.1, 0.15) is 9.88 Å². The number of nitrogen functional groups attached to an aromatic ring is 1. The average molecular weight is 366 g/mol. The number of thiophene rings is 1. The quantitative estimate of drug-likeness (QED) is 0.375. The maximum atomic E-state index is 7.42. The van der Waals surface area contributed by atoms with Crippen LogP contribution in [0.4, 0.5) is 0 Å². The molecule has 0 aliphatic rings. The number of nitrogens with zero attached hydrogens (tertiary/aromatic N) is 1. The predicted molar refractivity (Wildman–Crippen MR) is 97.5 cm³/mol. The van der Waals surface area contributed by atoms with E-state index in [9.17, 15) is 0 Å². The largest absolute Gasteiger partial charge is 0.383 e. The molecule has 0 atom stereocenters. The summed E-state index contributed by atoms with van der Waals surface area (Å²) in [5.41, 5.74) is 7.53. The summed E-state index contributed by atoms with van der Waals surface area (Å²) in [6.07, 6.45) is 0. The number of hydrogen-bond acceptors (Lipinski definition) is 5. The molecule has 3 nitrogen and oxygen atoms in total. The normalized spacial score (nSPS) is 10.8. The lowest BCUT2D eigenvalue weighted by Crippen LogP contribution is -2.08. The molecule has 0 radical (unpaired) electrons. The number of benzene rings is 1. The number of halogens is 1. The number of rotatable bonds is 5. The van der Waals surface area contributed by atoms with Crippen molar-refractivity contribution in [3.05, 3.63) is 56.0 Å². The van der Waals surface area contributed by atoms with Crippen molar-refractivity contribution >= 4 is 51.9 Å². The molecule has 2 aromatic heterocycles. The summed E-state index contributed by atoms with van der Waals surface area (Å²) in [7, 11) is 0. The second-order valence-corrected chi connectivity index (χ2v) is 7.82. The molecule has 112 valence electrons. The fourth-order valence-corrected chi connectivity index (χ4v) is 4.65. The Labute approximate surface area is 145 Å². The van der Waals surface area contributed by atoms with Gasteiger partial charge in [0.15, 0.2) is 0 Å². The first-order valence-electron chi connectivity index (χ1n) is 6.38. The summed E-state index contributed by atoms with van der Waals surface area (Å²) in [6, 6.07) is 9.66. The lowest BCUT2D eigenvalue weighted by Gasteiger charge is -1.97. The Hall–Kier alpha value is -1.34. The molecule has 0 saturated carbocycles. The van der Waals surface area contributed by atoms with Crippen LogP contribution in [-0.4, -0.2) is 10.8 Å². The molecular formula is C15H12ClN3S3. The van der Waals surface area contributed by atoms with Crippen molar-refractivity contribution in [2.45, 2.75) is 10.6 Å². The Morgan fingerprint density at radius 3 is 2.68 bits per heavy atom. The fraction of sp³-hybridized carbons (Fsp3) is 0.0667. The van der Waals surface area contributed by atoms with Gasteiger partial charge in [-0.1, -0.05) is 23.7 Å². The van der Waals surface area contributed by atoms with Gasteiger partial charge in [-0.05, 0) is 18.2 Å². The van der Waals surface area contributed by atoms with Crippen molar-refractivity contribution in [3.63, 3.8) is 0 Å². The number of nitrogens with two attached hydrogens (primary N) is 1. The summed E-state index contributed by atoms with van der Waals surface area (Å²) in [6.45, 7) is 0. The van der Waals surface area contributed by atoms with Crippen LogP contribution in [0.3, 0.4) is 0 Å². The zero-order valence-corrected chi connectivity index (χ0v) is 14.6. The summed E-state index contributed by atoms with van der Waals surface area (Å²) >= 11 is 10.8. The molecule has 3 aromatic rings. The maximum Gasteiger partial charge on any atom is 0.133 e. The molecule has 3 N–H and O–H groups in total. The zero-order valence-electron chi connectivity index (χ0n) is 11.4. The monoisotopic (exact) mass is 365 g/mol. The van der Waals surface area contributed by atoms with E-state index in [-0.39, 0.29) is 5.84 Å². The van der Waals surface area contributed by atoms with E-state index in [0.717, 1.165) is 36.8 Å². The van der Waals surface area contributed by atoms with Crippen molar-refractivity contribution in [3.8, 4) is 11.3 Å². The summed E-state index contributed by atoms with van der Waals surface area (Å²) < 4.78 is 0. The van der Waals surface area contributed by atoms with E-state index in [0.29, 0.717) is 0 Å². The standard InChI is InChI=1S/C15H12ClN3S3/c16-10-3-1-9(2-4-10)12-7-22-14(19-12)8-20-11-5-13(15(17)18)21-6-11/h1-7H,8H2,(H3,17,18). The third kappa shape index (κ3) is 3.70. The molecule has 0 fully saturated rings. The van der Waals surface area contributed by atoms with E-state index in [4.69, 9.17) is 22.7 Å². The van der Waals surface area contributed by atoms with Crippen LogP contribution in [0.25, 0.3) is 11.3 Å². The van der Waals surface area contributed by atoms with E-state index in [1.54, 1.807) is 23.1 Å². The molecule has 0 aliphatic heterocycles. The number of amidine groups is 1. The topological polar surface area (TPSA) is 62.8 Å². The Morgan fingerprint density at radius 2 is 2.00 bits per heavy atom. The van der Waals surface area contributed by atoms with E-state index in [2.05, 4.69) is 10.4 Å². The number of thiazole rings is 1. The average Bonchev–Trinajstić information content (AvgIpc) is 3.15. The number of hydrogen-bond donors (Lipinski definition) is 2. The van der Waals surface area contributed by atoms with Gasteiger partial charge in [0.25, 0.3) is 0 Å². The van der Waals surface area contributed by atoms with Crippen LogP contribution < -0.4 is 5.73 Å². The van der Waals surface area contributed by atoms with Gasteiger partial charge in [0.05, 0.1) is 16.3 Å². The van der Waals surface area contributed by atoms with Gasteiger partial charge in [0.2, 0.25) is 0 Å². The van der Waals surface area contributed by atoms with Crippen LogP contribution >= 0.6 is 46.0 Å². The second-order valence-electron chi connectivity index (χ2n) is 4.48. The van der Waals surface area contributed by atoms with Gasteiger partial charge in [-0.25, -0.2) is 4.98 Å². The molecule has 22 heavy (non-hydrogen) atoms. The van der Waals surface area contributed by atoms with Crippen LogP contribution in [0.15, 0.2) is 46.0 Å². The highest BCUT2D eigenvalue weighted by molar-refractivity contribution is 7.98. The maximum absolute atomic E-state index is 7.42. The summed E-state index contributed by atoms with van der Waals surface area (Å²) in [5.74, 6) is 0.933. The minimum absolute atomic E-state index is 0.121. The number of thioether (sulfide) groups is 1. The number of aromatic nitrogens is 1. The van der Waals surface area contributed by atoms with Gasteiger partial charge >= 0.3 is 0 Å². The molecule has 0 unspecified atom stereocenters. The van der Waals surface area contributed by atoms with Gasteiger partial charge in [-0.3, -0.25) is 5.41 Å². The molecule has 0 saturated heterocycles. The first-order valence-corrected chi connectivity index (χ1v) is 9.50. The van der Waals surface area contributed by atoms with Gasteiger partial charge in [0, 0.05) is 26.2 Å². The molecule has 0 bridgehead atoms. The lowest BCUT2D eigenvalue weighted by molar-refractivity contribution is 1.27. The Bertz CT molecular complexity index is 792. The van der Waals surface area contributed by atoms with Crippen LogP contribution in [-0.2, 0) is 5.75 Å². The van der Waals surface area contributed by atoms with E-state index in [1.165, 1.54) is 11.3 Å². The highest BCUT2D eigenvalue weighted by atomic mass is 35.5. The van der Waals surface area contributed by atoms with E-state index in [1.807, 2.05) is 35.7 Å². The van der Waals surface area contributed by atoms with Crippen molar-refractivity contribution in [2.75, 3.05) is 0 Å². The SMILES string of the molecule is N=C(N)c1cc(SCc2nc(-c3ccc(Cl)cc3)cs2)cs1. The molecule has 0 aliphatic carbocycles. The van der Waals surface area contributed by atoms with Crippen LogP contribution in [0, 0.1) is 5.41 Å². The Balaban J connectivity index is 1.66. The van der Waals surface area contributed by atoms with Crippen LogP contribution in [0.5, 0.6) is 0 Å². The molecule has 0 spiro atoms. The first-order chi connectivity index (χ1) is 10.6. The summed E-state index contributed by atoms with van der Waals surface area (Å²) in [4.78, 5) is 6.59. The first kappa shape index (κ1) is 15.6. The molecular weight excluding hydrogens is 354 g/mol. The molecule has 0 amide bonds. The molecule has 2 heterocycles. The second kappa shape index (κ2) is 6.83. The summed E-state index contributed by atoms with van der Waals surface area (Å²) in [5, 5.41) is 13.3. The van der Waals surface area contributed by atoms with Crippen molar-refractivity contribution < 1.29 is 0 Å². The Kier molecular flexibility index (Phi) is 4.83. The lowest BCUT2D eigenvalue weighted by atomic mass is 10.2. The predicted octanol–water partition coefficient (Wildman–Crippen LogP) is 5.10. The van der Waals surface area contributed by atoms with Crippen molar-refractivity contribution in [1.29, 1.82) is 5.41 Å². The molecule has 7 heteroatoms.